The summed E-state index contributed by atoms with van der Waals surface area (Å²) in [5.41, 5.74) is 0. The fraction of sp³-hybridized carbons (Fsp3) is 0.400. The van der Waals surface area contributed by atoms with Gasteiger partial charge in [0.25, 0.3) is 0 Å². The number of nitrogens with one attached hydrogen (secondary N) is 1. The van der Waals surface area contributed by atoms with Crippen LogP contribution in [-0.2, 0) is 0 Å². The second kappa shape index (κ2) is 5.43. The van der Waals surface area contributed by atoms with Crippen LogP contribution >= 0.6 is 22.9 Å². The van der Waals surface area contributed by atoms with Crippen LogP contribution in [0.3, 0.4) is 0 Å². The van der Waals surface area contributed by atoms with E-state index in [0.717, 1.165) is 18.0 Å². The molecule has 0 bridgehead atoms. The largest absolute Gasteiger partial charge is 0.309 e. The van der Waals surface area contributed by atoms with Crippen molar-refractivity contribution in [2.24, 2.45) is 0 Å². The molecule has 0 aliphatic heterocycles. The summed E-state index contributed by atoms with van der Waals surface area (Å²) in [7, 11) is 0. The Hall–Kier alpha value is -0.310. The highest BCUT2D eigenvalue weighted by molar-refractivity contribution is 7.10. The third-order valence-corrected chi connectivity index (χ3v) is 3.29. The summed E-state index contributed by atoms with van der Waals surface area (Å²) < 4.78 is 0. The van der Waals surface area contributed by atoms with E-state index in [-0.39, 0.29) is 0 Å². The maximum absolute atomic E-state index is 6.04. The van der Waals surface area contributed by atoms with E-state index in [4.69, 9.17) is 11.6 Å². The average Bonchev–Trinajstić information content (AvgIpc) is 2.51. The summed E-state index contributed by atoms with van der Waals surface area (Å²) in [5.74, 6) is 0. The first-order valence-corrected chi connectivity index (χ1v) is 5.62. The van der Waals surface area contributed by atoms with E-state index in [1.165, 1.54) is 4.88 Å². The molecular formula is C10H14ClNS. The van der Waals surface area contributed by atoms with E-state index in [2.05, 4.69) is 18.8 Å². The molecule has 0 saturated carbocycles. The molecule has 0 amide bonds. The summed E-state index contributed by atoms with van der Waals surface area (Å²) in [6.07, 6.45) is 2.84. The first-order valence-electron chi connectivity index (χ1n) is 4.36. The highest BCUT2D eigenvalue weighted by Gasteiger charge is 2.12. The van der Waals surface area contributed by atoms with E-state index in [1.807, 2.05) is 17.5 Å². The standard InChI is InChI=1S/C10H14ClNS/c1-3-5-9(12-4-2)10-8(11)6-7-13-10/h3,6-7,9,12H,1,4-5H2,2H3. The lowest BCUT2D eigenvalue weighted by Crippen LogP contribution is -2.19. The molecule has 1 N–H and O–H groups in total. The Morgan fingerprint density at radius 3 is 3.00 bits per heavy atom. The van der Waals surface area contributed by atoms with E-state index in [0.29, 0.717) is 6.04 Å². The Kier molecular flexibility index (Phi) is 4.50. The van der Waals surface area contributed by atoms with Crippen molar-refractivity contribution in [1.82, 2.24) is 5.32 Å². The van der Waals surface area contributed by atoms with Crippen LogP contribution in [0, 0.1) is 0 Å². The van der Waals surface area contributed by atoms with Gasteiger partial charge in [0, 0.05) is 10.9 Å². The van der Waals surface area contributed by atoms with Crippen LogP contribution in [0.15, 0.2) is 24.1 Å². The SMILES string of the molecule is C=CCC(NCC)c1sccc1Cl. The van der Waals surface area contributed by atoms with Crippen LogP contribution in [0.25, 0.3) is 0 Å². The van der Waals surface area contributed by atoms with Gasteiger partial charge < -0.3 is 5.32 Å². The molecule has 1 unspecified atom stereocenters. The fourth-order valence-electron chi connectivity index (χ4n) is 1.25. The third-order valence-electron chi connectivity index (χ3n) is 1.81. The van der Waals surface area contributed by atoms with Gasteiger partial charge in [-0.3, -0.25) is 0 Å². The van der Waals surface area contributed by atoms with Crippen LogP contribution in [-0.4, -0.2) is 6.54 Å². The lowest BCUT2D eigenvalue weighted by molar-refractivity contribution is 0.568. The molecular weight excluding hydrogens is 202 g/mol. The van der Waals surface area contributed by atoms with Gasteiger partial charge in [-0.15, -0.1) is 17.9 Å². The quantitative estimate of drug-likeness (QED) is 0.740. The minimum absolute atomic E-state index is 0.329. The lowest BCUT2D eigenvalue weighted by Gasteiger charge is -2.14. The summed E-state index contributed by atoms with van der Waals surface area (Å²) >= 11 is 7.74. The molecule has 1 heterocycles. The molecule has 1 rings (SSSR count). The van der Waals surface area contributed by atoms with Gasteiger partial charge in [0.15, 0.2) is 0 Å². The second-order valence-corrected chi connectivity index (χ2v) is 4.12. The van der Waals surface area contributed by atoms with Crippen molar-refractivity contribution in [2.75, 3.05) is 6.54 Å². The molecule has 72 valence electrons. The van der Waals surface area contributed by atoms with Gasteiger partial charge in [-0.05, 0) is 24.4 Å². The topological polar surface area (TPSA) is 12.0 Å². The van der Waals surface area contributed by atoms with Crippen molar-refractivity contribution in [3.05, 3.63) is 34.0 Å². The zero-order valence-electron chi connectivity index (χ0n) is 7.72. The highest BCUT2D eigenvalue weighted by atomic mass is 35.5. The number of thiophene rings is 1. The molecule has 0 aliphatic rings. The van der Waals surface area contributed by atoms with Gasteiger partial charge in [-0.1, -0.05) is 24.6 Å². The lowest BCUT2D eigenvalue weighted by atomic mass is 10.1. The molecule has 13 heavy (non-hydrogen) atoms. The molecule has 1 atom stereocenters. The van der Waals surface area contributed by atoms with Gasteiger partial charge in [-0.2, -0.15) is 0 Å². The molecule has 0 fully saturated rings. The van der Waals surface area contributed by atoms with Gasteiger partial charge in [0.1, 0.15) is 0 Å². The number of halogens is 1. The van der Waals surface area contributed by atoms with Gasteiger partial charge in [-0.25, -0.2) is 0 Å². The zero-order chi connectivity index (χ0) is 9.68. The molecule has 1 nitrogen and oxygen atoms in total. The Bertz CT molecular complexity index is 270. The molecule has 0 aromatic carbocycles. The fourth-order valence-corrected chi connectivity index (χ4v) is 2.53. The number of hydrogen-bond donors (Lipinski definition) is 1. The summed E-state index contributed by atoms with van der Waals surface area (Å²) in [4.78, 5) is 1.21. The Morgan fingerprint density at radius 1 is 1.77 bits per heavy atom. The monoisotopic (exact) mass is 215 g/mol. The number of hydrogen-bond acceptors (Lipinski definition) is 2. The maximum Gasteiger partial charge on any atom is 0.0561 e. The molecule has 0 aliphatic carbocycles. The molecule has 0 saturated heterocycles. The predicted molar refractivity (Wildman–Crippen MR) is 60.6 cm³/mol. The Balaban J connectivity index is 2.74. The zero-order valence-corrected chi connectivity index (χ0v) is 9.29. The molecule has 0 radical (unpaired) electrons. The van der Waals surface area contributed by atoms with E-state index < -0.39 is 0 Å². The third kappa shape index (κ3) is 2.83. The van der Waals surface area contributed by atoms with E-state index >= 15 is 0 Å². The van der Waals surface area contributed by atoms with E-state index in [1.54, 1.807) is 11.3 Å². The summed E-state index contributed by atoms with van der Waals surface area (Å²) in [6, 6.07) is 2.27. The Labute approximate surface area is 88.4 Å². The summed E-state index contributed by atoms with van der Waals surface area (Å²) in [5, 5.41) is 6.26. The van der Waals surface area contributed by atoms with Crippen molar-refractivity contribution in [1.29, 1.82) is 0 Å². The van der Waals surface area contributed by atoms with Crippen LogP contribution in [0.5, 0.6) is 0 Å². The molecule has 1 aromatic heterocycles. The highest BCUT2D eigenvalue weighted by Crippen LogP contribution is 2.30. The van der Waals surface area contributed by atoms with Crippen molar-refractivity contribution >= 4 is 22.9 Å². The molecule has 0 spiro atoms. The molecule has 1 aromatic rings. The van der Waals surface area contributed by atoms with Crippen molar-refractivity contribution in [3.8, 4) is 0 Å². The van der Waals surface area contributed by atoms with Crippen LogP contribution in [0.1, 0.15) is 24.3 Å². The normalized spacial score (nSPS) is 12.8. The second-order valence-electron chi connectivity index (χ2n) is 2.77. The van der Waals surface area contributed by atoms with Crippen molar-refractivity contribution in [2.45, 2.75) is 19.4 Å². The first kappa shape index (κ1) is 10.8. The minimum atomic E-state index is 0.329. The summed E-state index contributed by atoms with van der Waals surface area (Å²) in [6.45, 7) is 6.79. The minimum Gasteiger partial charge on any atom is -0.309 e. The molecule has 3 heteroatoms. The first-order chi connectivity index (χ1) is 6.29. The van der Waals surface area contributed by atoms with Gasteiger partial charge in [0.05, 0.1) is 5.02 Å². The van der Waals surface area contributed by atoms with Crippen LogP contribution in [0.4, 0.5) is 0 Å². The van der Waals surface area contributed by atoms with Gasteiger partial charge in [0.2, 0.25) is 0 Å². The number of rotatable bonds is 5. The van der Waals surface area contributed by atoms with Crippen molar-refractivity contribution in [3.63, 3.8) is 0 Å². The predicted octanol–water partition coefficient (Wildman–Crippen LogP) is 3.63. The van der Waals surface area contributed by atoms with Crippen LogP contribution in [0.2, 0.25) is 5.02 Å². The van der Waals surface area contributed by atoms with E-state index in [9.17, 15) is 0 Å². The van der Waals surface area contributed by atoms with Crippen LogP contribution < -0.4 is 5.32 Å². The maximum atomic E-state index is 6.04. The van der Waals surface area contributed by atoms with Gasteiger partial charge >= 0.3 is 0 Å². The smallest absolute Gasteiger partial charge is 0.0561 e. The van der Waals surface area contributed by atoms with Crippen molar-refractivity contribution < 1.29 is 0 Å². The average molecular weight is 216 g/mol. The Morgan fingerprint density at radius 2 is 2.54 bits per heavy atom.